The van der Waals surface area contributed by atoms with Crippen molar-refractivity contribution in [2.24, 2.45) is 0 Å². The zero-order valence-corrected chi connectivity index (χ0v) is 14.6. The van der Waals surface area contributed by atoms with Crippen molar-refractivity contribution in [3.05, 3.63) is 58.7 Å². The van der Waals surface area contributed by atoms with Crippen LogP contribution < -0.4 is 9.80 Å². The van der Waals surface area contributed by atoms with Gasteiger partial charge in [0.25, 0.3) is 0 Å². The largest absolute Gasteiger partial charge is 0.310 e. The predicted octanol–water partition coefficient (Wildman–Crippen LogP) is 4.57. The van der Waals surface area contributed by atoms with E-state index in [0.29, 0.717) is 5.96 Å². The van der Waals surface area contributed by atoms with Gasteiger partial charge in [0.1, 0.15) is 0 Å². The Bertz CT molecular complexity index is 743. The number of rotatable bonds is 2. The molecule has 23 heavy (non-hydrogen) atoms. The van der Waals surface area contributed by atoms with Crippen molar-refractivity contribution in [1.82, 2.24) is 0 Å². The first-order valence-corrected chi connectivity index (χ1v) is 8.19. The third-order valence-electron chi connectivity index (χ3n) is 4.92. The summed E-state index contributed by atoms with van der Waals surface area (Å²) >= 11 is 0. The summed E-state index contributed by atoms with van der Waals surface area (Å²) in [6.07, 6.45) is 0. The molecular formula is C20H25N3. The molecule has 0 bridgehead atoms. The lowest BCUT2D eigenvalue weighted by Gasteiger charge is -2.27. The fraction of sp³-hybridized carbons (Fsp3) is 0.350. The lowest BCUT2D eigenvalue weighted by Crippen LogP contribution is -2.35. The topological polar surface area (TPSA) is 30.3 Å². The highest BCUT2D eigenvalue weighted by Gasteiger charge is 2.35. The van der Waals surface area contributed by atoms with Gasteiger partial charge >= 0.3 is 0 Å². The molecule has 2 aromatic carbocycles. The molecular weight excluding hydrogens is 282 g/mol. The first-order valence-electron chi connectivity index (χ1n) is 8.19. The Balaban J connectivity index is 2.04. The lowest BCUT2D eigenvalue weighted by molar-refractivity contribution is 0.789. The Kier molecular flexibility index (Phi) is 3.88. The van der Waals surface area contributed by atoms with E-state index in [0.717, 1.165) is 12.2 Å². The molecule has 0 radical (unpaired) electrons. The zero-order chi connectivity index (χ0) is 16.7. The van der Waals surface area contributed by atoms with Gasteiger partial charge < -0.3 is 9.80 Å². The SMILES string of the molecule is Cc1cccc(N2CC(C)N(c3c(C)cccc3C)C2=N)c1C. The molecule has 1 aliphatic rings. The van der Waals surface area contributed by atoms with Gasteiger partial charge in [0.2, 0.25) is 5.96 Å². The van der Waals surface area contributed by atoms with Crippen LogP contribution in [0.5, 0.6) is 0 Å². The molecule has 3 nitrogen and oxygen atoms in total. The summed E-state index contributed by atoms with van der Waals surface area (Å²) in [6, 6.07) is 13.0. The van der Waals surface area contributed by atoms with Crippen LogP contribution >= 0.6 is 0 Å². The number of anilines is 2. The van der Waals surface area contributed by atoms with E-state index in [2.05, 4.69) is 80.8 Å². The normalized spacial score (nSPS) is 18.0. The van der Waals surface area contributed by atoms with Gasteiger partial charge in [-0.3, -0.25) is 5.41 Å². The van der Waals surface area contributed by atoms with E-state index in [-0.39, 0.29) is 6.04 Å². The fourth-order valence-electron chi connectivity index (χ4n) is 3.52. The predicted molar refractivity (Wildman–Crippen MR) is 98.8 cm³/mol. The van der Waals surface area contributed by atoms with E-state index in [1.165, 1.54) is 27.9 Å². The van der Waals surface area contributed by atoms with Crippen molar-refractivity contribution in [3.8, 4) is 0 Å². The van der Waals surface area contributed by atoms with Gasteiger partial charge in [-0.25, -0.2) is 0 Å². The Morgan fingerprint density at radius 2 is 1.48 bits per heavy atom. The number of benzene rings is 2. The van der Waals surface area contributed by atoms with Crippen LogP contribution in [0.15, 0.2) is 36.4 Å². The molecule has 1 atom stereocenters. The maximum absolute atomic E-state index is 8.78. The van der Waals surface area contributed by atoms with Crippen LogP contribution in [-0.4, -0.2) is 18.5 Å². The number of hydrogen-bond donors (Lipinski definition) is 1. The third kappa shape index (κ3) is 2.50. The molecule has 0 spiro atoms. The second-order valence-electron chi connectivity index (χ2n) is 6.61. The van der Waals surface area contributed by atoms with Crippen LogP contribution in [0.1, 0.15) is 29.2 Å². The molecule has 3 heteroatoms. The monoisotopic (exact) mass is 307 g/mol. The van der Waals surface area contributed by atoms with Crippen molar-refractivity contribution < 1.29 is 0 Å². The Morgan fingerprint density at radius 1 is 0.913 bits per heavy atom. The second-order valence-corrected chi connectivity index (χ2v) is 6.61. The van der Waals surface area contributed by atoms with Crippen LogP contribution in [0.2, 0.25) is 0 Å². The number of guanidine groups is 1. The third-order valence-corrected chi connectivity index (χ3v) is 4.92. The molecule has 0 aliphatic carbocycles. The molecule has 120 valence electrons. The van der Waals surface area contributed by atoms with Gasteiger partial charge in [0.05, 0.1) is 6.04 Å². The molecule has 0 amide bonds. The van der Waals surface area contributed by atoms with E-state index in [1.807, 2.05) is 0 Å². The number of nitrogens with zero attached hydrogens (tertiary/aromatic N) is 2. The zero-order valence-electron chi connectivity index (χ0n) is 14.6. The van der Waals surface area contributed by atoms with Gasteiger partial charge in [0.15, 0.2) is 0 Å². The van der Waals surface area contributed by atoms with Crippen molar-refractivity contribution in [3.63, 3.8) is 0 Å². The van der Waals surface area contributed by atoms with Gasteiger partial charge in [-0.2, -0.15) is 0 Å². The number of nitrogens with one attached hydrogen (secondary N) is 1. The Morgan fingerprint density at radius 3 is 2.13 bits per heavy atom. The van der Waals surface area contributed by atoms with Crippen molar-refractivity contribution in [1.29, 1.82) is 5.41 Å². The summed E-state index contributed by atoms with van der Waals surface area (Å²) < 4.78 is 0. The molecule has 1 saturated heterocycles. The van der Waals surface area contributed by atoms with Gasteiger partial charge in [-0.1, -0.05) is 30.3 Å². The summed E-state index contributed by atoms with van der Waals surface area (Å²) in [4.78, 5) is 4.31. The highest BCUT2D eigenvalue weighted by atomic mass is 15.4. The number of para-hydroxylation sites is 1. The molecule has 0 aromatic heterocycles. The number of hydrogen-bond acceptors (Lipinski definition) is 1. The summed E-state index contributed by atoms with van der Waals surface area (Å²) in [5.74, 6) is 0.573. The van der Waals surface area contributed by atoms with E-state index < -0.39 is 0 Å². The van der Waals surface area contributed by atoms with Crippen LogP contribution in [-0.2, 0) is 0 Å². The molecule has 1 heterocycles. The van der Waals surface area contributed by atoms with Crippen molar-refractivity contribution >= 4 is 17.3 Å². The van der Waals surface area contributed by atoms with E-state index in [1.54, 1.807) is 0 Å². The highest BCUT2D eigenvalue weighted by Crippen LogP contribution is 2.34. The second kappa shape index (κ2) is 5.73. The molecule has 1 fully saturated rings. The fourth-order valence-corrected chi connectivity index (χ4v) is 3.52. The van der Waals surface area contributed by atoms with E-state index in [9.17, 15) is 0 Å². The smallest absolute Gasteiger partial charge is 0.203 e. The van der Waals surface area contributed by atoms with E-state index >= 15 is 0 Å². The summed E-state index contributed by atoms with van der Waals surface area (Å²) in [5, 5.41) is 8.78. The summed E-state index contributed by atoms with van der Waals surface area (Å²) in [5.41, 5.74) is 7.31. The molecule has 3 rings (SSSR count). The van der Waals surface area contributed by atoms with Crippen molar-refractivity contribution in [2.75, 3.05) is 16.3 Å². The molecule has 1 unspecified atom stereocenters. The molecule has 0 saturated carbocycles. The van der Waals surface area contributed by atoms with Gasteiger partial charge in [-0.05, 0) is 62.9 Å². The van der Waals surface area contributed by atoms with Crippen LogP contribution in [0.3, 0.4) is 0 Å². The van der Waals surface area contributed by atoms with Crippen LogP contribution in [0, 0.1) is 33.1 Å². The van der Waals surface area contributed by atoms with Gasteiger partial charge in [-0.15, -0.1) is 0 Å². The molecule has 2 aromatic rings. The summed E-state index contributed by atoms with van der Waals surface area (Å²) in [6.45, 7) is 11.6. The Labute approximate surface area is 139 Å². The first kappa shape index (κ1) is 15.6. The quantitative estimate of drug-likeness (QED) is 0.881. The first-order chi connectivity index (χ1) is 10.9. The van der Waals surface area contributed by atoms with Crippen molar-refractivity contribution in [2.45, 2.75) is 40.7 Å². The van der Waals surface area contributed by atoms with Gasteiger partial charge in [0, 0.05) is 17.9 Å². The maximum atomic E-state index is 8.78. The highest BCUT2D eigenvalue weighted by molar-refractivity contribution is 6.09. The van der Waals surface area contributed by atoms with Crippen LogP contribution in [0.4, 0.5) is 11.4 Å². The van der Waals surface area contributed by atoms with Crippen LogP contribution in [0.25, 0.3) is 0 Å². The minimum Gasteiger partial charge on any atom is -0.310 e. The minimum absolute atomic E-state index is 0.280. The van der Waals surface area contributed by atoms with E-state index in [4.69, 9.17) is 5.41 Å². The average molecular weight is 307 g/mol. The lowest BCUT2D eigenvalue weighted by atomic mass is 10.1. The summed E-state index contributed by atoms with van der Waals surface area (Å²) in [7, 11) is 0. The minimum atomic E-state index is 0.280. The molecule has 1 aliphatic heterocycles. The average Bonchev–Trinajstić information content (AvgIpc) is 2.78. The Hall–Kier alpha value is -2.29. The maximum Gasteiger partial charge on any atom is 0.203 e. The standard InChI is InChI=1S/C20H25N3/c1-13-8-7-11-18(17(13)5)22-12-16(4)23(20(22)21)19-14(2)9-6-10-15(19)3/h6-11,16,21H,12H2,1-5H3. The molecule has 1 N–H and O–H groups in total. The number of aryl methyl sites for hydroxylation is 3.